The van der Waals surface area contributed by atoms with E-state index in [9.17, 15) is 13.2 Å². The Morgan fingerprint density at radius 3 is 2.38 bits per heavy atom. The summed E-state index contributed by atoms with van der Waals surface area (Å²) in [6.45, 7) is 1.92. The standard InChI is InChI=1S/C16H21NO3S/c1-11-7-9-12(10-8-11)21(19,20)17(2)15-13-5-3-4-6-14(13)16(15)18/h7-10,13-15H,3-6H2,1-2H3. The van der Waals surface area contributed by atoms with Gasteiger partial charge in [-0.2, -0.15) is 4.31 Å². The summed E-state index contributed by atoms with van der Waals surface area (Å²) in [6, 6.07) is 6.34. The Morgan fingerprint density at radius 1 is 1.10 bits per heavy atom. The number of aryl methyl sites for hydroxylation is 1. The Labute approximate surface area is 126 Å². The molecule has 0 amide bonds. The lowest BCUT2D eigenvalue weighted by atomic mass is 9.61. The number of carbonyl (C=O) groups is 1. The number of Topliss-reactive ketones (excluding diaryl/α,β-unsaturated/α-hetero) is 1. The summed E-state index contributed by atoms with van der Waals surface area (Å²) >= 11 is 0. The van der Waals surface area contributed by atoms with E-state index >= 15 is 0 Å². The Bertz CT molecular complexity index is 651. The van der Waals surface area contributed by atoms with Crippen LogP contribution < -0.4 is 0 Å². The lowest BCUT2D eigenvalue weighted by Gasteiger charge is -2.49. The second kappa shape index (κ2) is 5.21. The van der Waals surface area contributed by atoms with Crippen LogP contribution in [0, 0.1) is 18.8 Å². The molecule has 0 saturated heterocycles. The number of benzene rings is 1. The molecule has 3 unspecified atom stereocenters. The molecular weight excluding hydrogens is 286 g/mol. The molecule has 0 aromatic heterocycles. The van der Waals surface area contributed by atoms with Gasteiger partial charge in [0.1, 0.15) is 0 Å². The van der Waals surface area contributed by atoms with E-state index in [2.05, 4.69) is 0 Å². The first kappa shape index (κ1) is 14.7. The van der Waals surface area contributed by atoms with Gasteiger partial charge in [-0.1, -0.05) is 30.5 Å². The van der Waals surface area contributed by atoms with Crippen molar-refractivity contribution in [3.05, 3.63) is 29.8 Å². The highest BCUT2D eigenvalue weighted by molar-refractivity contribution is 7.89. The van der Waals surface area contributed by atoms with E-state index in [0.717, 1.165) is 31.2 Å². The zero-order valence-electron chi connectivity index (χ0n) is 12.5. The number of hydrogen-bond acceptors (Lipinski definition) is 3. The van der Waals surface area contributed by atoms with Gasteiger partial charge in [0.05, 0.1) is 10.9 Å². The third-order valence-electron chi connectivity index (χ3n) is 4.97. The Morgan fingerprint density at radius 2 is 1.71 bits per heavy atom. The van der Waals surface area contributed by atoms with Crippen LogP contribution in [-0.2, 0) is 14.8 Å². The number of carbonyl (C=O) groups excluding carboxylic acids is 1. The number of sulfonamides is 1. The molecule has 0 N–H and O–H groups in total. The minimum atomic E-state index is -3.59. The number of ketones is 1. The van der Waals surface area contributed by atoms with E-state index in [1.54, 1.807) is 31.3 Å². The van der Waals surface area contributed by atoms with Crippen LogP contribution in [0.2, 0.25) is 0 Å². The maximum Gasteiger partial charge on any atom is 0.243 e. The lowest BCUT2D eigenvalue weighted by molar-refractivity contribution is -0.144. The second-order valence-electron chi connectivity index (χ2n) is 6.24. The van der Waals surface area contributed by atoms with Crippen molar-refractivity contribution < 1.29 is 13.2 Å². The van der Waals surface area contributed by atoms with Crippen molar-refractivity contribution in [1.29, 1.82) is 0 Å². The number of rotatable bonds is 3. The molecule has 1 aromatic rings. The van der Waals surface area contributed by atoms with Crippen LogP contribution in [0.25, 0.3) is 0 Å². The molecule has 1 aromatic carbocycles. The van der Waals surface area contributed by atoms with E-state index in [0.29, 0.717) is 0 Å². The largest absolute Gasteiger partial charge is 0.298 e. The Hall–Kier alpha value is -1.20. The molecule has 0 bridgehead atoms. The van der Waals surface area contributed by atoms with E-state index < -0.39 is 16.1 Å². The maximum absolute atomic E-state index is 12.7. The highest BCUT2D eigenvalue weighted by Crippen LogP contribution is 2.45. The fraction of sp³-hybridized carbons (Fsp3) is 0.562. The van der Waals surface area contributed by atoms with Crippen molar-refractivity contribution in [2.45, 2.75) is 43.5 Å². The van der Waals surface area contributed by atoms with Crippen molar-refractivity contribution in [2.75, 3.05) is 7.05 Å². The molecule has 0 aliphatic heterocycles. The third-order valence-corrected chi connectivity index (χ3v) is 6.82. The first-order chi connectivity index (χ1) is 9.93. The van der Waals surface area contributed by atoms with Crippen molar-refractivity contribution in [1.82, 2.24) is 4.31 Å². The molecule has 2 fully saturated rings. The molecular formula is C16H21NO3S. The van der Waals surface area contributed by atoms with Gasteiger partial charge in [0, 0.05) is 13.0 Å². The summed E-state index contributed by atoms with van der Waals surface area (Å²) in [6.07, 6.45) is 4.09. The van der Waals surface area contributed by atoms with Gasteiger partial charge < -0.3 is 0 Å². The SMILES string of the molecule is Cc1ccc(S(=O)(=O)N(C)C2C(=O)C3CCCCC32)cc1. The fourth-order valence-corrected chi connectivity index (χ4v) is 5.05. The summed E-state index contributed by atoms with van der Waals surface area (Å²) in [4.78, 5) is 12.5. The summed E-state index contributed by atoms with van der Waals surface area (Å²) in [5.74, 6) is 0.425. The van der Waals surface area contributed by atoms with Crippen molar-refractivity contribution in [3.8, 4) is 0 Å². The van der Waals surface area contributed by atoms with Crippen LogP contribution in [0.15, 0.2) is 29.2 Å². The quantitative estimate of drug-likeness (QED) is 0.861. The van der Waals surface area contributed by atoms with Crippen molar-refractivity contribution in [3.63, 3.8) is 0 Å². The smallest absolute Gasteiger partial charge is 0.243 e. The van der Waals surface area contributed by atoms with E-state index in [-0.39, 0.29) is 22.5 Å². The number of fused-ring (bicyclic) bond motifs is 1. The molecule has 2 aliphatic rings. The number of likely N-dealkylation sites (N-methyl/N-ethyl adjacent to an activating group) is 1. The fourth-order valence-electron chi connectivity index (χ4n) is 3.68. The first-order valence-electron chi connectivity index (χ1n) is 7.51. The Balaban J connectivity index is 1.86. The molecule has 3 rings (SSSR count). The molecule has 0 spiro atoms. The highest BCUT2D eigenvalue weighted by atomic mass is 32.2. The lowest BCUT2D eigenvalue weighted by Crippen LogP contribution is -2.61. The van der Waals surface area contributed by atoms with Gasteiger partial charge >= 0.3 is 0 Å². The molecule has 2 aliphatic carbocycles. The first-order valence-corrected chi connectivity index (χ1v) is 8.95. The summed E-state index contributed by atoms with van der Waals surface area (Å²) < 4.78 is 26.6. The minimum absolute atomic E-state index is 0.0967. The number of nitrogens with zero attached hydrogens (tertiary/aromatic N) is 1. The van der Waals surface area contributed by atoms with Gasteiger partial charge in [-0.25, -0.2) is 8.42 Å². The van der Waals surface area contributed by atoms with E-state index in [4.69, 9.17) is 0 Å². The van der Waals surface area contributed by atoms with Gasteiger partial charge in [-0.15, -0.1) is 0 Å². The van der Waals surface area contributed by atoms with E-state index in [1.807, 2.05) is 6.92 Å². The average molecular weight is 307 g/mol. The molecule has 4 nitrogen and oxygen atoms in total. The maximum atomic E-state index is 12.7. The average Bonchev–Trinajstić information content (AvgIpc) is 2.47. The van der Waals surface area contributed by atoms with Crippen LogP contribution in [-0.4, -0.2) is 31.6 Å². The predicted octanol–water partition coefficient (Wildman–Crippen LogP) is 2.37. The summed E-state index contributed by atoms with van der Waals surface area (Å²) in [5.41, 5.74) is 1.02. The van der Waals surface area contributed by atoms with Crippen LogP contribution in [0.3, 0.4) is 0 Å². The topological polar surface area (TPSA) is 54.5 Å². The van der Waals surface area contributed by atoms with Crippen molar-refractivity contribution in [2.24, 2.45) is 11.8 Å². The number of hydrogen-bond donors (Lipinski definition) is 0. The van der Waals surface area contributed by atoms with Gasteiger partial charge in [-0.3, -0.25) is 4.79 Å². The summed E-state index contributed by atoms with van der Waals surface area (Å²) in [5, 5.41) is 0. The van der Waals surface area contributed by atoms with Gasteiger partial charge in [0.15, 0.2) is 5.78 Å². The Kier molecular flexibility index (Phi) is 3.66. The van der Waals surface area contributed by atoms with Crippen LogP contribution >= 0.6 is 0 Å². The van der Waals surface area contributed by atoms with E-state index in [1.165, 1.54) is 4.31 Å². The second-order valence-corrected chi connectivity index (χ2v) is 8.23. The third kappa shape index (κ3) is 2.32. The molecule has 5 heteroatoms. The van der Waals surface area contributed by atoms with Gasteiger partial charge in [0.25, 0.3) is 0 Å². The molecule has 114 valence electrons. The zero-order chi connectivity index (χ0) is 15.2. The van der Waals surface area contributed by atoms with Crippen LogP contribution in [0.5, 0.6) is 0 Å². The van der Waals surface area contributed by atoms with Crippen LogP contribution in [0.4, 0.5) is 0 Å². The molecule has 2 saturated carbocycles. The molecule has 0 heterocycles. The van der Waals surface area contributed by atoms with Crippen LogP contribution in [0.1, 0.15) is 31.2 Å². The van der Waals surface area contributed by atoms with Gasteiger partial charge in [0.2, 0.25) is 10.0 Å². The normalized spacial score (nSPS) is 29.1. The minimum Gasteiger partial charge on any atom is -0.298 e. The monoisotopic (exact) mass is 307 g/mol. The van der Waals surface area contributed by atoms with Crippen molar-refractivity contribution >= 4 is 15.8 Å². The molecule has 3 atom stereocenters. The summed E-state index contributed by atoms with van der Waals surface area (Å²) in [7, 11) is -2.04. The molecule has 21 heavy (non-hydrogen) atoms. The predicted molar refractivity (Wildman–Crippen MR) is 80.4 cm³/mol. The zero-order valence-corrected chi connectivity index (χ0v) is 13.3. The van der Waals surface area contributed by atoms with Gasteiger partial charge in [-0.05, 0) is 37.8 Å². The highest BCUT2D eigenvalue weighted by Gasteiger charge is 2.54. The molecule has 0 radical (unpaired) electrons.